The van der Waals surface area contributed by atoms with Crippen LogP contribution in [0.4, 0.5) is 0 Å². The highest BCUT2D eigenvalue weighted by Crippen LogP contribution is 2.29. The highest BCUT2D eigenvalue weighted by atomic mass is 15.2. The average molecular weight is 242 g/mol. The zero-order valence-electron chi connectivity index (χ0n) is 11.4. The Bertz CT molecular complexity index is 416. The van der Waals surface area contributed by atoms with Gasteiger partial charge in [-0.15, -0.1) is 0 Å². The summed E-state index contributed by atoms with van der Waals surface area (Å²) in [5, 5.41) is 9.52. The van der Waals surface area contributed by atoms with Crippen molar-refractivity contribution in [3.05, 3.63) is 35.4 Å². The number of likely N-dealkylation sites (tertiary alicyclic amines) is 1. The monoisotopic (exact) mass is 242 g/mol. The van der Waals surface area contributed by atoms with Gasteiger partial charge in [-0.25, -0.2) is 0 Å². The average Bonchev–Trinajstić information content (AvgIpc) is 2.42. The van der Waals surface area contributed by atoms with Crippen LogP contribution in [0.2, 0.25) is 0 Å². The van der Waals surface area contributed by atoms with Crippen LogP contribution in [0, 0.1) is 18.3 Å². The summed E-state index contributed by atoms with van der Waals surface area (Å²) in [6, 6.07) is 11.4. The van der Waals surface area contributed by atoms with Crippen molar-refractivity contribution in [1.82, 2.24) is 4.90 Å². The molecule has 0 N–H and O–H groups in total. The highest BCUT2D eigenvalue weighted by molar-refractivity contribution is 5.28. The molecule has 96 valence electrons. The third-order valence-corrected chi connectivity index (χ3v) is 3.99. The van der Waals surface area contributed by atoms with Crippen LogP contribution in [0.25, 0.3) is 0 Å². The molecule has 2 nitrogen and oxygen atoms in total. The van der Waals surface area contributed by atoms with Crippen molar-refractivity contribution >= 4 is 0 Å². The maximum absolute atomic E-state index is 9.52. The summed E-state index contributed by atoms with van der Waals surface area (Å²) < 4.78 is 0. The number of hydrogen-bond donors (Lipinski definition) is 0. The van der Waals surface area contributed by atoms with Gasteiger partial charge in [0.05, 0.1) is 6.07 Å². The van der Waals surface area contributed by atoms with Crippen molar-refractivity contribution in [2.75, 3.05) is 6.54 Å². The van der Waals surface area contributed by atoms with Gasteiger partial charge in [0.25, 0.3) is 0 Å². The van der Waals surface area contributed by atoms with Crippen LogP contribution in [0.15, 0.2) is 24.3 Å². The van der Waals surface area contributed by atoms with E-state index in [9.17, 15) is 5.26 Å². The summed E-state index contributed by atoms with van der Waals surface area (Å²) >= 11 is 0. The first-order valence-corrected chi connectivity index (χ1v) is 6.98. The zero-order valence-corrected chi connectivity index (χ0v) is 11.4. The standard InChI is InChI=1S/C16H22N2/c1-3-15-6-4-5-11-18(15)16(12-17)14-9-7-13(2)8-10-14/h7-10,15-16H,3-6,11H2,1-2H3. The molecular formula is C16H22N2. The van der Waals surface area contributed by atoms with Crippen molar-refractivity contribution in [2.45, 2.75) is 51.6 Å². The molecule has 0 saturated carbocycles. The number of hydrogen-bond acceptors (Lipinski definition) is 2. The van der Waals surface area contributed by atoms with E-state index in [4.69, 9.17) is 0 Å². The van der Waals surface area contributed by atoms with Gasteiger partial charge in [-0.2, -0.15) is 5.26 Å². The molecule has 2 unspecified atom stereocenters. The van der Waals surface area contributed by atoms with Gasteiger partial charge in [-0.1, -0.05) is 43.2 Å². The van der Waals surface area contributed by atoms with E-state index in [2.05, 4.69) is 49.1 Å². The molecule has 18 heavy (non-hydrogen) atoms. The van der Waals surface area contributed by atoms with Crippen molar-refractivity contribution in [2.24, 2.45) is 0 Å². The SMILES string of the molecule is CCC1CCCCN1C(C#N)c1ccc(C)cc1. The molecule has 2 heteroatoms. The van der Waals surface area contributed by atoms with Gasteiger partial charge >= 0.3 is 0 Å². The summed E-state index contributed by atoms with van der Waals surface area (Å²) in [4.78, 5) is 2.40. The lowest BCUT2D eigenvalue weighted by Crippen LogP contribution is -2.41. The van der Waals surface area contributed by atoms with Crippen LogP contribution in [-0.4, -0.2) is 17.5 Å². The lowest BCUT2D eigenvalue weighted by molar-refractivity contribution is 0.117. The van der Waals surface area contributed by atoms with Gasteiger partial charge in [-0.05, 0) is 31.7 Å². The molecule has 1 aromatic rings. The highest BCUT2D eigenvalue weighted by Gasteiger charge is 2.28. The Kier molecular flexibility index (Phi) is 4.38. The number of aryl methyl sites for hydroxylation is 1. The number of piperidine rings is 1. The van der Waals surface area contributed by atoms with Crippen LogP contribution in [0.1, 0.15) is 49.8 Å². The molecule has 1 fully saturated rings. The molecule has 0 bridgehead atoms. The lowest BCUT2D eigenvalue weighted by atomic mass is 9.95. The molecular weight excluding hydrogens is 220 g/mol. The minimum absolute atomic E-state index is 0.0733. The van der Waals surface area contributed by atoms with Gasteiger partial charge < -0.3 is 0 Å². The van der Waals surface area contributed by atoms with E-state index in [-0.39, 0.29) is 6.04 Å². The molecule has 0 radical (unpaired) electrons. The minimum Gasteiger partial charge on any atom is -0.281 e. The fraction of sp³-hybridized carbons (Fsp3) is 0.562. The Hall–Kier alpha value is -1.33. The molecule has 1 aromatic carbocycles. The first kappa shape index (κ1) is 13.1. The van der Waals surface area contributed by atoms with Gasteiger partial charge in [0.15, 0.2) is 0 Å². The lowest BCUT2D eigenvalue weighted by Gasteiger charge is -2.38. The summed E-state index contributed by atoms with van der Waals surface area (Å²) in [5.74, 6) is 0. The van der Waals surface area contributed by atoms with Crippen molar-refractivity contribution in [3.8, 4) is 6.07 Å². The molecule has 1 aliphatic rings. The van der Waals surface area contributed by atoms with Crippen LogP contribution in [0.3, 0.4) is 0 Å². The zero-order chi connectivity index (χ0) is 13.0. The third kappa shape index (κ3) is 2.73. The summed E-state index contributed by atoms with van der Waals surface area (Å²) in [6.07, 6.45) is 4.91. The Balaban J connectivity index is 2.22. The van der Waals surface area contributed by atoms with E-state index in [1.54, 1.807) is 0 Å². The number of nitrogens with zero attached hydrogens (tertiary/aromatic N) is 2. The Labute approximate surface area is 110 Å². The number of benzene rings is 1. The Morgan fingerprint density at radius 1 is 1.33 bits per heavy atom. The fourth-order valence-corrected chi connectivity index (χ4v) is 2.89. The van der Waals surface area contributed by atoms with Crippen molar-refractivity contribution < 1.29 is 0 Å². The van der Waals surface area contributed by atoms with Gasteiger partial charge in [-0.3, -0.25) is 4.90 Å². The van der Waals surface area contributed by atoms with E-state index in [1.807, 2.05) is 0 Å². The van der Waals surface area contributed by atoms with E-state index in [0.29, 0.717) is 6.04 Å². The first-order valence-electron chi connectivity index (χ1n) is 6.98. The number of nitriles is 1. The van der Waals surface area contributed by atoms with Crippen molar-refractivity contribution in [1.29, 1.82) is 5.26 Å². The van der Waals surface area contributed by atoms with E-state index < -0.39 is 0 Å². The molecule has 2 rings (SSSR count). The Morgan fingerprint density at radius 2 is 2.06 bits per heavy atom. The van der Waals surface area contributed by atoms with Crippen LogP contribution in [0.5, 0.6) is 0 Å². The van der Waals surface area contributed by atoms with E-state index in [0.717, 1.165) is 18.5 Å². The second kappa shape index (κ2) is 6.02. The molecule has 0 aliphatic carbocycles. The van der Waals surface area contributed by atoms with Crippen LogP contribution in [-0.2, 0) is 0 Å². The topological polar surface area (TPSA) is 27.0 Å². The molecule has 0 aromatic heterocycles. The third-order valence-electron chi connectivity index (χ3n) is 3.99. The van der Waals surface area contributed by atoms with E-state index >= 15 is 0 Å². The normalized spacial score (nSPS) is 22.4. The second-order valence-electron chi connectivity index (χ2n) is 5.24. The molecule has 1 saturated heterocycles. The second-order valence-corrected chi connectivity index (χ2v) is 5.24. The predicted octanol–water partition coefficient (Wildman–Crippen LogP) is 3.82. The Morgan fingerprint density at radius 3 is 2.67 bits per heavy atom. The maximum atomic E-state index is 9.52. The van der Waals surface area contributed by atoms with E-state index in [1.165, 1.54) is 24.8 Å². The molecule has 1 heterocycles. The largest absolute Gasteiger partial charge is 0.281 e. The van der Waals surface area contributed by atoms with Gasteiger partial charge in [0.2, 0.25) is 0 Å². The first-order chi connectivity index (χ1) is 8.76. The van der Waals surface area contributed by atoms with Gasteiger partial charge in [0, 0.05) is 12.6 Å². The summed E-state index contributed by atoms with van der Waals surface area (Å²) in [6.45, 7) is 5.37. The summed E-state index contributed by atoms with van der Waals surface area (Å²) in [5.41, 5.74) is 2.39. The molecule has 1 aliphatic heterocycles. The number of rotatable bonds is 3. The minimum atomic E-state index is -0.0733. The maximum Gasteiger partial charge on any atom is 0.124 e. The van der Waals surface area contributed by atoms with Crippen LogP contribution >= 0.6 is 0 Å². The van der Waals surface area contributed by atoms with Crippen LogP contribution < -0.4 is 0 Å². The molecule has 0 amide bonds. The summed E-state index contributed by atoms with van der Waals surface area (Å²) in [7, 11) is 0. The molecule has 2 atom stereocenters. The molecule has 0 spiro atoms. The fourth-order valence-electron chi connectivity index (χ4n) is 2.89. The van der Waals surface area contributed by atoms with Gasteiger partial charge in [0.1, 0.15) is 6.04 Å². The van der Waals surface area contributed by atoms with Crippen molar-refractivity contribution in [3.63, 3.8) is 0 Å². The predicted molar refractivity (Wildman–Crippen MR) is 74.2 cm³/mol. The quantitative estimate of drug-likeness (QED) is 0.805. The smallest absolute Gasteiger partial charge is 0.124 e.